The Morgan fingerprint density at radius 3 is 1.07 bits per heavy atom. The molecule has 8 nitrogen and oxygen atoms in total. The zero-order chi connectivity index (χ0) is 31.6. The summed E-state index contributed by atoms with van der Waals surface area (Å²) in [4.78, 5) is 21.0. The first-order valence-electron chi connectivity index (χ1n) is 17.0. The topological polar surface area (TPSA) is 66.1 Å². The highest BCUT2D eigenvalue weighted by Gasteiger charge is 2.28. The molecule has 0 spiro atoms. The van der Waals surface area contributed by atoms with Crippen LogP contribution in [0, 0.1) is 0 Å². The van der Waals surface area contributed by atoms with Crippen molar-refractivity contribution in [3.05, 3.63) is 0 Å². The van der Waals surface area contributed by atoms with E-state index in [0.717, 1.165) is 49.8 Å². The Balaban J connectivity index is 0.000000612. The maximum Gasteiger partial charge on any atom is 0.133 e. The van der Waals surface area contributed by atoms with E-state index in [0.29, 0.717) is 11.8 Å². The van der Waals surface area contributed by atoms with Gasteiger partial charge in [0.05, 0.1) is 0 Å². The predicted molar refractivity (Wildman–Crippen MR) is 224 cm³/mol. The normalized spacial score (nSPS) is 29.0. The van der Waals surface area contributed by atoms with Gasteiger partial charge in [0.2, 0.25) is 0 Å². The molecule has 3 saturated carbocycles. The Kier molecular flexibility index (Phi) is 28.3. The number of nitrogens with one attached hydrogen (secondary N) is 3. The molecule has 2 aliphatic heterocycles. The van der Waals surface area contributed by atoms with Gasteiger partial charge in [0.15, 0.2) is 0 Å². The van der Waals surface area contributed by atoms with Gasteiger partial charge < -0.3 is 25.8 Å². The second-order valence-corrected chi connectivity index (χ2v) is 24.0. The molecule has 0 amide bonds. The standard InChI is InChI=1S/2C12H25N3.C7H13NO.CHI3.2CH4/c2*1-13-11-3-5-12(6-4-11)15-9-7-14(2)8-10-15;1-8-6-2-4-7(9)5-3-6;2-1(3)4;;/h2*11-13H,3-10H2,1-2H3;6,8H,2-5H2,1H3;1H;2*1H4. The molecular weight excluding hydrogens is 903 g/mol. The number of carbonyl (C=O) groups excluding carboxylic acids is 1. The number of piperazine rings is 2. The molecule has 5 fully saturated rings. The third-order valence-electron chi connectivity index (χ3n) is 10.3. The number of carbonyl (C=O) groups is 1. The number of likely N-dealkylation sites (N-methyl/N-ethyl adjacent to an activating group) is 2. The van der Waals surface area contributed by atoms with Crippen molar-refractivity contribution in [1.82, 2.24) is 35.6 Å². The van der Waals surface area contributed by atoms with Crippen molar-refractivity contribution in [2.45, 2.75) is 122 Å². The molecule has 0 aromatic carbocycles. The Morgan fingerprint density at radius 1 is 0.533 bits per heavy atom. The van der Waals surface area contributed by atoms with E-state index < -0.39 is 0 Å². The van der Waals surface area contributed by atoms with E-state index in [1.54, 1.807) is 0 Å². The van der Waals surface area contributed by atoms with Crippen LogP contribution in [0.3, 0.4) is 0 Å². The molecule has 2 saturated heterocycles. The fourth-order valence-electron chi connectivity index (χ4n) is 7.06. The summed E-state index contributed by atoms with van der Waals surface area (Å²) < 4.78 is 0.743. The zero-order valence-electron chi connectivity index (χ0n) is 27.9. The van der Waals surface area contributed by atoms with Gasteiger partial charge in [-0.2, -0.15) is 0 Å². The van der Waals surface area contributed by atoms with Crippen molar-refractivity contribution in [1.29, 1.82) is 0 Å². The van der Waals surface area contributed by atoms with E-state index in [4.69, 9.17) is 0 Å². The lowest BCUT2D eigenvalue weighted by Crippen LogP contribution is -2.50. The van der Waals surface area contributed by atoms with Gasteiger partial charge >= 0.3 is 0 Å². The number of halogens is 3. The molecule has 0 atom stereocenters. The van der Waals surface area contributed by atoms with Gasteiger partial charge in [-0.15, -0.1) is 0 Å². The largest absolute Gasteiger partial charge is 0.317 e. The summed E-state index contributed by atoms with van der Waals surface area (Å²) in [5.41, 5.74) is 0. The minimum Gasteiger partial charge on any atom is -0.317 e. The number of ketones is 1. The van der Waals surface area contributed by atoms with E-state index in [-0.39, 0.29) is 14.9 Å². The quantitative estimate of drug-likeness (QED) is 0.226. The van der Waals surface area contributed by atoms with Crippen molar-refractivity contribution in [3.8, 4) is 0 Å². The summed E-state index contributed by atoms with van der Waals surface area (Å²) in [7, 11) is 10.6. The van der Waals surface area contributed by atoms with Gasteiger partial charge in [0.1, 0.15) is 5.72 Å². The van der Waals surface area contributed by atoms with Crippen LogP contribution in [-0.2, 0) is 4.79 Å². The number of alkyl halides is 3. The van der Waals surface area contributed by atoms with Crippen LogP contribution < -0.4 is 16.0 Å². The second kappa shape index (κ2) is 27.3. The van der Waals surface area contributed by atoms with Crippen LogP contribution in [0.1, 0.15) is 91.9 Å². The molecule has 3 N–H and O–H groups in total. The first-order chi connectivity index (χ1) is 20.6. The third kappa shape index (κ3) is 20.1. The van der Waals surface area contributed by atoms with E-state index in [1.165, 1.54) is 104 Å². The molecule has 0 unspecified atom stereocenters. The van der Waals surface area contributed by atoms with Crippen LogP contribution in [0.25, 0.3) is 0 Å². The first kappa shape index (κ1) is 46.6. The fourth-order valence-corrected chi connectivity index (χ4v) is 7.06. The SMILES string of the molecule is C.C.CNC1CCC(=O)CC1.CNC1CCC(N2CCN(C)CC2)CC1.CNC1CCC(N2CCN(C)CC2)CC1.IC(I)I. The Hall–Kier alpha value is 1.58. The lowest BCUT2D eigenvalue weighted by atomic mass is 9.90. The maximum absolute atomic E-state index is 10.7. The molecule has 0 aromatic rings. The molecule has 5 aliphatic rings. The van der Waals surface area contributed by atoms with Crippen LogP contribution in [0.15, 0.2) is 0 Å². The highest BCUT2D eigenvalue weighted by atomic mass is 127. The third-order valence-corrected chi connectivity index (χ3v) is 10.3. The summed E-state index contributed by atoms with van der Waals surface area (Å²) in [6.45, 7) is 10.2. The molecule has 0 radical (unpaired) electrons. The van der Waals surface area contributed by atoms with Crippen molar-refractivity contribution < 1.29 is 4.79 Å². The van der Waals surface area contributed by atoms with Gasteiger partial charge in [-0.3, -0.25) is 14.6 Å². The van der Waals surface area contributed by atoms with Crippen LogP contribution in [-0.4, -0.2) is 143 Å². The monoisotopic (exact) mass is 975 g/mol. The molecule has 2 heterocycles. The Labute approximate surface area is 320 Å². The van der Waals surface area contributed by atoms with Gasteiger partial charge in [0.25, 0.3) is 0 Å². The molecule has 0 aromatic heterocycles. The van der Waals surface area contributed by atoms with Gasteiger partial charge in [0, 0.05) is 95.4 Å². The number of Topliss-reactive ketones (excluding diaryl/α,β-unsaturated/α-hetero) is 1. The number of nitrogens with zero attached hydrogens (tertiary/aromatic N) is 4. The average Bonchev–Trinajstić information content (AvgIpc) is 3.03. The molecule has 45 heavy (non-hydrogen) atoms. The molecule has 5 rings (SSSR count). The van der Waals surface area contributed by atoms with Crippen LogP contribution in [0.2, 0.25) is 0 Å². The highest BCUT2D eigenvalue weighted by Crippen LogP contribution is 2.25. The molecule has 11 heteroatoms. The fraction of sp³-hybridized carbons (Fsp3) is 0.971. The number of hydrogen-bond donors (Lipinski definition) is 3. The molecule has 0 bridgehead atoms. The molecular formula is C34H72I3N7O. The van der Waals surface area contributed by atoms with Gasteiger partial charge in [-0.1, -0.05) is 82.6 Å². The van der Waals surface area contributed by atoms with Crippen molar-refractivity contribution in [2.75, 3.05) is 87.6 Å². The Bertz CT molecular complexity index is 651. The summed E-state index contributed by atoms with van der Waals surface area (Å²) in [5, 5.41) is 9.99. The van der Waals surface area contributed by atoms with Crippen molar-refractivity contribution in [3.63, 3.8) is 0 Å². The minimum absolute atomic E-state index is 0. The molecule has 270 valence electrons. The summed E-state index contributed by atoms with van der Waals surface area (Å²) in [6.07, 6.45) is 14.7. The summed E-state index contributed by atoms with van der Waals surface area (Å²) in [6, 6.07) is 3.93. The smallest absolute Gasteiger partial charge is 0.133 e. The Morgan fingerprint density at radius 2 is 0.800 bits per heavy atom. The summed E-state index contributed by atoms with van der Waals surface area (Å²) >= 11 is 6.95. The lowest BCUT2D eigenvalue weighted by Gasteiger charge is -2.41. The van der Waals surface area contributed by atoms with E-state index in [1.807, 2.05) is 7.05 Å². The van der Waals surface area contributed by atoms with Crippen LogP contribution in [0.5, 0.6) is 0 Å². The average molecular weight is 976 g/mol. The number of hydrogen-bond acceptors (Lipinski definition) is 8. The van der Waals surface area contributed by atoms with E-state index >= 15 is 0 Å². The summed E-state index contributed by atoms with van der Waals surface area (Å²) in [5.74, 6) is 0.432. The highest BCUT2D eigenvalue weighted by molar-refractivity contribution is 14.3. The number of rotatable bonds is 5. The maximum atomic E-state index is 10.7. The van der Waals surface area contributed by atoms with Crippen molar-refractivity contribution >= 4 is 73.6 Å². The minimum atomic E-state index is 0. The lowest BCUT2D eigenvalue weighted by molar-refractivity contribution is -0.120. The van der Waals surface area contributed by atoms with E-state index in [9.17, 15) is 4.79 Å². The second-order valence-electron chi connectivity index (χ2n) is 13.1. The first-order valence-corrected chi connectivity index (χ1v) is 20.7. The molecule has 3 aliphatic carbocycles. The van der Waals surface area contributed by atoms with Crippen molar-refractivity contribution in [2.24, 2.45) is 0 Å². The van der Waals surface area contributed by atoms with E-state index in [2.05, 4.69) is 132 Å². The van der Waals surface area contributed by atoms with Gasteiger partial charge in [-0.25, -0.2) is 0 Å². The van der Waals surface area contributed by atoms with Crippen LogP contribution in [0.4, 0.5) is 0 Å². The van der Waals surface area contributed by atoms with Crippen LogP contribution >= 0.6 is 67.8 Å². The van der Waals surface area contributed by atoms with Gasteiger partial charge in [-0.05, 0) is 99.4 Å². The predicted octanol–water partition coefficient (Wildman–Crippen LogP) is 6.09. The zero-order valence-corrected chi connectivity index (χ0v) is 34.4.